The molecule has 5 fully saturated rings. The first-order valence-corrected chi connectivity index (χ1v) is 12.8. The highest BCUT2D eigenvalue weighted by molar-refractivity contribution is 6.30. The molecule has 0 radical (unpaired) electrons. The standard InChI is InChI=1S/C26H35ClN2O3/c1-17-4-5-18(27)12-21(17)29-10-8-28(9-11-29)15-20-19-13-23-25(2,14-22(19)32-24(20)30)6-3-7-26(23)16-31-26/h4-5,12,19-20,22-23H,3,6-11,13-16H2,1-2H3/t19-,20+,22-,23-,25-,26+/m1/s1. The SMILES string of the molecule is Cc1ccc(Cl)cc1N1CCN(C[C@@H]2C(=O)O[C@@H]3C[C@@]4(C)CCC[C@]5(CO5)[C@@H]4C[C@H]23)CC1. The van der Waals surface area contributed by atoms with Crippen LogP contribution in [0.25, 0.3) is 0 Å². The average molecular weight is 459 g/mol. The summed E-state index contributed by atoms with van der Waals surface area (Å²) in [6, 6.07) is 6.12. The number of esters is 1. The van der Waals surface area contributed by atoms with Crippen molar-refractivity contribution in [2.24, 2.45) is 23.2 Å². The summed E-state index contributed by atoms with van der Waals surface area (Å²) in [6.07, 6.45) is 5.93. The number of piperazine rings is 1. The molecule has 6 rings (SSSR count). The van der Waals surface area contributed by atoms with Gasteiger partial charge in [0.25, 0.3) is 0 Å². The van der Waals surface area contributed by atoms with Crippen molar-refractivity contribution in [2.75, 3.05) is 44.2 Å². The number of benzene rings is 1. The summed E-state index contributed by atoms with van der Waals surface area (Å²) in [5.74, 6) is 1.00. The van der Waals surface area contributed by atoms with Gasteiger partial charge in [-0.25, -0.2) is 0 Å². The Labute approximate surface area is 196 Å². The van der Waals surface area contributed by atoms with E-state index in [1.165, 1.54) is 30.5 Å². The van der Waals surface area contributed by atoms with Crippen molar-refractivity contribution in [3.05, 3.63) is 28.8 Å². The van der Waals surface area contributed by atoms with Crippen LogP contribution in [0.3, 0.4) is 0 Å². The van der Waals surface area contributed by atoms with Crippen LogP contribution in [0.1, 0.15) is 44.6 Å². The number of fused-ring (bicyclic) bond motifs is 3. The Morgan fingerprint density at radius 1 is 1.19 bits per heavy atom. The molecule has 3 heterocycles. The third kappa shape index (κ3) is 3.47. The van der Waals surface area contributed by atoms with Crippen molar-refractivity contribution >= 4 is 23.3 Å². The summed E-state index contributed by atoms with van der Waals surface area (Å²) in [6.45, 7) is 10.2. The van der Waals surface area contributed by atoms with Crippen LogP contribution in [0.2, 0.25) is 5.02 Å². The molecule has 0 aromatic heterocycles. The van der Waals surface area contributed by atoms with E-state index < -0.39 is 0 Å². The number of hydrogen-bond donors (Lipinski definition) is 0. The fourth-order valence-corrected chi connectivity index (χ4v) is 7.70. The zero-order valence-electron chi connectivity index (χ0n) is 19.3. The van der Waals surface area contributed by atoms with Crippen molar-refractivity contribution < 1.29 is 14.3 Å². The van der Waals surface area contributed by atoms with E-state index >= 15 is 0 Å². The van der Waals surface area contributed by atoms with E-state index in [4.69, 9.17) is 21.1 Å². The lowest BCUT2D eigenvalue weighted by Gasteiger charge is -2.51. The highest BCUT2D eigenvalue weighted by atomic mass is 35.5. The number of halogens is 1. The van der Waals surface area contributed by atoms with Gasteiger partial charge in [-0.05, 0) is 68.1 Å². The molecule has 3 saturated heterocycles. The number of anilines is 1. The van der Waals surface area contributed by atoms with E-state index in [0.29, 0.717) is 11.8 Å². The van der Waals surface area contributed by atoms with Crippen LogP contribution in [0.4, 0.5) is 5.69 Å². The molecule has 32 heavy (non-hydrogen) atoms. The summed E-state index contributed by atoms with van der Waals surface area (Å²) in [4.78, 5) is 17.9. The molecule has 3 aliphatic heterocycles. The minimum atomic E-state index is 0.0155. The van der Waals surface area contributed by atoms with Crippen molar-refractivity contribution in [3.63, 3.8) is 0 Å². The fourth-order valence-electron chi connectivity index (χ4n) is 7.54. The highest BCUT2D eigenvalue weighted by Crippen LogP contribution is 2.62. The summed E-state index contributed by atoms with van der Waals surface area (Å²) >= 11 is 6.24. The van der Waals surface area contributed by atoms with Crippen LogP contribution in [0.5, 0.6) is 0 Å². The van der Waals surface area contributed by atoms with Gasteiger partial charge in [0.1, 0.15) is 6.10 Å². The second-order valence-corrected chi connectivity index (χ2v) is 11.8. The van der Waals surface area contributed by atoms with Gasteiger partial charge in [-0.1, -0.05) is 24.6 Å². The van der Waals surface area contributed by atoms with Gasteiger partial charge >= 0.3 is 5.97 Å². The number of carbonyl (C=O) groups is 1. The highest BCUT2D eigenvalue weighted by Gasteiger charge is 2.65. The first-order valence-electron chi connectivity index (χ1n) is 12.4. The summed E-state index contributed by atoms with van der Waals surface area (Å²) in [5, 5.41) is 0.789. The Morgan fingerprint density at radius 2 is 1.97 bits per heavy atom. The van der Waals surface area contributed by atoms with E-state index in [2.05, 4.69) is 35.8 Å². The van der Waals surface area contributed by atoms with Crippen molar-refractivity contribution in [3.8, 4) is 0 Å². The van der Waals surface area contributed by atoms with E-state index in [0.717, 1.165) is 57.2 Å². The molecule has 0 amide bonds. The maximum Gasteiger partial charge on any atom is 0.310 e. The molecule has 0 N–H and O–H groups in total. The van der Waals surface area contributed by atoms with Crippen LogP contribution < -0.4 is 4.90 Å². The molecule has 1 aromatic carbocycles. The maximum atomic E-state index is 13.0. The molecule has 1 spiro atoms. The fraction of sp³-hybridized carbons (Fsp3) is 0.731. The van der Waals surface area contributed by atoms with Gasteiger partial charge in [0, 0.05) is 49.4 Å². The van der Waals surface area contributed by atoms with Crippen LogP contribution in [-0.2, 0) is 14.3 Å². The molecular weight excluding hydrogens is 424 g/mol. The Hall–Kier alpha value is -1.30. The molecule has 1 aromatic rings. The van der Waals surface area contributed by atoms with Gasteiger partial charge < -0.3 is 14.4 Å². The van der Waals surface area contributed by atoms with E-state index in [1.807, 2.05) is 6.07 Å². The number of aryl methyl sites for hydroxylation is 1. The monoisotopic (exact) mass is 458 g/mol. The van der Waals surface area contributed by atoms with E-state index in [9.17, 15) is 4.79 Å². The number of hydrogen-bond acceptors (Lipinski definition) is 5. The smallest absolute Gasteiger partial charge is 0.310 e. The van der Waals surface area contributed by atoms with Crippen LogP contribution in [-0.4, -0.2) is 61.9 Å². The van der Waals surface area contributed by atoms with Crippen molar-refractivity contribution in [1.29, 1.82) is 0 Å². The number of nitrogens with zero attached hydrogens (tertiary/aromatic N) is 2. The lowest BCUT2D eigenvalue weighted by molar-refractivity contribution is -0.147. The van der Waals surface area contributed by atoms with Crippen LogP contribution >= 0.6 is 11.6 Å². The molecule has 0 unspecified atom stereocenters. The lowest BCUT2D eigenvalue weighted by Crippen LogP contribution is -2.52. The van der Waals surface area contributed by atoms with Gasteiger partial charge in [0.05, 0.1) is 18.1 Å². The zero-order chi connectivity index (χ0) is 22.1. The predicted molar refractivity (Wildman–Crippen MR) is 125 cm³/mol. The van der Waals surface area contributed by atoms with Gasteiger partial charge in [0.15, 0.2) is 0 Å². The zero-order valence-corrected chi connectivity index (χ0v) is 20.1. The number of ether oxygens (including phenoxy) is 2. The normalized spacial score (nSPS) is 41.3. The van der Waals surface area contributed by atoms with Crippen molar-refractivity contribution in [1.82, 2.24) is 4.90 Å². The maximum absolute atomic E-state index is 13.0. The van der Waals surface area contributed by atoms with Gasteiger partial charge in [-0.15, -0.1) is 0 Å². The second kappa shape index (κ2) is 7.61. The Bertz CT molecular complexity index is 910. The molecule has 0 bridgehead atoms. The molecule has 5 nitrogen and oxygen atoms in total. The van der Waals surface area contributed by atoms with Crippen LogP contribution in [0.15, 0.2) is 18.2 Å². The Morgan fingerprint density at radius 3 is 2.72 bits per heavy atom. The van der Waals surface area contributed by atoms with Gasteiger partial charge in [-0.2, -0.15) is 0 Å². The molecule has 5 aliphatic rings. The predicted octanol–water partition coefficient (Wildman–Crippen LogP) is 4.30. The quantitative estimate of drug-likeness (QED) is 0.499. The van der Waals surface area contributed by atoms with Crippen molar-refractivity contribution in [2.45, 2.75) is 57.7 Å². The third-order valence-electron chi connectivity index (χ3n) is 9.42. The van der Waals surface area contributed by atoms with Gasteiger partial charge in [-0.3, -0.25) is 9.69 Å². The number of epoxide rings is 1. The third-order valence-corrected chi connectivity index (χ3v) is 9.65. The summed E-state index contributed by atoms with van der Waals surface area (Å²) in [5.41, 5.74) is 2.88. The first kappa shape index (κ1) is 21.2. The Kier molecular flexibility index (Phi) is 5.05. The summed E-state index contributed by atoms with van der Waals surface area (Å²) < 4.78 is 12.1. The second-order valence-electron chi connectivity index (χ2n) is 11.3. The minimum Gasteiger partial charge on any atom is -0.462 e. The minimum absolute atomic E-state index is 0.0155. The topological polar surface area (TPSA) is 45.3 Å². The molecular formula is C26H35ClN2O3. The molecule has 2 saturated carbocycles. The first-order chi connectivity index (χ1) is 15.4. The van der Waals surface area contributed by atoms with E-state index in [1.54, 1.807) is 0 Å². The molecule has 174 valence electrons. The lowest BCUT2D eigenvalue weighted by atomic mass is 9.53. The summed E-state index contributed by atoms with van der Waals surface area (Å²) in [7, 11) is 0. The number of rotatable bonds is 3. The van der Waals surface area contributed by atoms with Gasteiger partial charge in [0.2, 0.25) is 0 Å². The largest absolute Gasteiger partial charge is 0.462 e. The van der Waals surface area contributed by atoms with E-state index in [-0.39, 0.29) is 29.0 Å². The Balaban J connectivity index is 1.12. The van der Waals surface area contributed by atoms with Crippen LogP contribution in [0, 0.1) is 30.1 Å². The molecule has 2 aliphatic carbocycles. The number of carbonyl (C=O) groups excluding carboxylic acids is 1. The molecule has 6 atom stereocenters. The molecule has 6 heteroatoms. The average Bonchev–Trinajstić information content (AvgIpc) is 3.47.